The Kier molecular flexibility index (Phi) is 5.83. The molecular formula is C22H19ClN4OS. The molecule has 0 amide bonds. The van der Waals surface area contributed by atoms with Crippen LogP contribution < -0.4 is 4.74 Å². The Labute approximate surface area is 178 Å². The number of hydrogen-bond acceptors (Lipinski definition) is 5. The molecule has 0 fully saturated rings. The van der Waals surface area contributed by atoms with E-state index < -0.39 is 0 Å². The predicted octanol–water partition coefficient (Wildman–Crippen LogP) is 5.59. The summed E-state index contributed by atoms with van der Waals surface area (Å²) < 4.78 is 7.37. The molecule has 0 radical (unpaired) electrons. The smallest absolute Gasteiger partial charge is 0.196 e. The van der Waals surface area contributed by atoms with Gasteiger partial charge in [0.2, 0.25) is 0 Å². The van der Waals surface area contributed by atoms with Crippen molar-refractivity contribution in [2.24, 2.45) is 0 Å². The average molecular weight is 423 g/mol. The van der Waals surface area contributed by atoms with Crippen LogP contribution in [0.25, 0.3) is 17.1 Å². The third-order valence-corrected chi connectivity index (χ3v) is 5.70. The minimum absolute atomic E-state index is 0.667. The van der Waals surface area contributed by atoms with Crippen molar-refractivity contribution < 1.29 is 4.74 Å². The van der Waals surface area contributed by atoms with Crippen LogP contribution in [-0.4, -0.2) is 26.9 Å². The standard InChI is InChI=1S/C22H19ClN4OS/c1-15-8-9-18(23)12-20(15)27-21(17-6-4-10-24-13-17)25-26-22(27)29-14-16-5-3-7-19(11-16)28-2/h3-13H,14H2,1-2H3. The van der Waals surface area contributed by atoms with Crippen molar-refractivity contribution in [3.8, 4) is 22.8 Å². The molecule has 0 spiro atoms. The molecule has 0 saturated carbocycles. The maximum absolute atomic E-state index is 6.30. The summed E-state index contributed by atoms with van der Waals surface area (Å²) in [4.78, 5) is 4.23. The van der Waals surface area contributed by atoms with Crippen molar-refractivity contribution in [1.82, 2.24) is 19.7 Å². The van der Waals surface area contributed by atoms with Crippen LogP contribution in [0.2, 0.25) is 5.02 Å². The van der Waals surface area contributed by atoms with Crippen molar-refractivity contribution in [2.75, 3.05) is 7.11 Å². The highest BCUT2D eigenvalue weighted by molar-refractivity contribution is 7.98. The zero-order valence-corrected chi connectivity index (χ0v) is 17.6. The zero-order valence-electron chi connectivity index (χ0n) is 16.0. The van der Waals surface area contributed by atoms with E-state index in [1.54, 1.807) is 31.3 Å². The van der Waals surface area contributed by atoms with E-state index in [1.165, 1.54) is 0 Å². The molecule has 0 aliphatic rings. The van der Waals surface area contributed by atoms with E-state index in [-0.39, 0.29) is 0 Å². The SMILES string of the molecule is COc1cccc(CSc2nnc(-c3cccnc3)n2-c2cc(Cl)ccc2C)c1. The van der Waals surface area contributed by atoms with Gasteiger partial charge in [-0.25, -0.2) is 0 Å². The largest absolute Gasteiger partial charge is 0.497 e. The number of ether oxygens (including phenoxy) is 1. The van der Waals surface area contributed by atoms with Crippen LogP contribution in [0.4, 0.5) is 0 Å². The van der Waals surface area contributed by atoms with E-state index in [1.807, 2.05) is 53.1 Å². The highest BCUT2D eigenvalue weighted by atomic mass is 35.5. The number of halogens is 1. The third kappa shape index (κ3) is 4.28. The first-order chi connectivity index (χ1) is 14.2. The van der Waals surface area contributed by atoms with Crippen LogP contribution in [0.3, 0.4) is 0 Å². The van der Waals surface area contributed by atoms with Gasteiger partial charge in [-0.05, 0) is 54.4 Å². The van der Waals surface area contributed by atoms with E-state index >= 15 is 0 Å². The van der Waals surface area contributed by atoms with Gasteiger partial charge in [0.25, 0.3) is 0 Å². The van der Waals surface area contributed by atoms with Crippen LogP contribution in [0.15, 0.2) is 72.1 Å². The maximum Gasteiger partial charge on any atom is 0.196 e. The van der Waals surface area contributed by atoms with Gasteiger partial charge in [0.05, 0.1) is 12.8 Å². The fourth-order valence-corrected chi connectivity index (χ4v) is 4.05. The van der Waals surface area contributed by atoms with Gasteiger partial charge in [-0.2, -0.15) is 0 Å². The molecule has 0 aliphatic carbocycles. The van der Waals surface area contributed by atoms with E-state index in [2.05, 4.69) is 28.2 Å². The Hall–Kier alpha value is -2.83. The molecule has 2 heterocycles. The van der Waals surface area contributed by atoms with Crippen LogP contribution in [-0.2, 0) is 5.75 Å². The van der Waals surface area contributed by atoms with E-state index in [0.717, 1.165) is 44.9 Å². The number of aryl methyl sites for hydroxylation is 1. The van der Waals surface area contributed by atoms with Crippen molar-refractivity contribution in [3.63, 3.8) is 0 Å². The minimum Gasteiger partial charge on any atom is -0.497 e. The first kappa shape index (κ1) is 19.5. The van der Waals surface area contributed by atoms with Crippen molar-refractivity contribution >= 4 is 23.4 Å². The molecule has 5 nitrogen and oxygen atoms in total. The Morgan fingerprint density at radius 1 is 1.07 bits per heavy atom. The summed E-state index contributed by atoms with van der Waals surface area (Å²) in [5, 5.41) is 10.4. The lowest BCUT2D eigenvalue weighted by molar-refractivity contribution is 0.414. The number of thioether (sulfide) groups is 1. The quantitative estimate of drug-likeness (QED) is 0.379. The van der Waals surface area contributed by atoms with Gasteiger partial charge in [-0.3, -0.25) is 9.55 Å². The van der Waals surface area contributed by atoms with Crippen LogP contribution in [0, 0.1) is 6.92 Å². The van der Waals surface area contributed by atoms with Crippen molar-refractivity contribution in [1.29, 1.82) is 0 Å². The summed E-state index contributed by atoms with van der Waals surface area (Å²) >= 11 is 7.92. The topological polar surface area (TPSA) is 52.8 Å². The number of rotatable bonds is 6. The molecule has 29 heavy (non-hydrogen) atoms. The molecule has 4 rings (SSSR count). The van der Waals surface area contributed by atoms with E-state index in [4.69, 9.17) is 16.3 Å². The molecule has 0 aliphatic heterocycles. The first-order valence-corrected chi connectivity index (χ1v) is 10.4. The molecule has 0 unspecified atom stereocenters. The molecule has 0 bridgehead atoms. The monoisotopic (exact) mass is 422 g/mol. The lowest BCUT2D eigenvalue weighted by atomic mass is 10.2. The highest BCUT2D eigenvalue weighted by Crippen LogP contribution is 2.32. The van der Waals surface area contributed by atoms with Crippen LogP contribution in [0.5, 0.6) is 5.75 Å². The lowest BCUT2D eigenvalue weighted by Gasteiger charge is -2.13. The summed E-state index contributed by atoms with van der Waals surface area (Å²) in [6.45, 7) is 2.05. The fourth-order valence-electron chi connectivity index (χ4n) is 3.00. The molecule has 146 valence electrons. The minimum atomic E-state index is 0.667. The van der Waals surface area contributed by atoms with Gasteiger partial charge in [-0.1, -0.05) is 41.6 Å². The molecule has 2 aromatic carbocycles. The molecule has 0 saturated heterocycles. The Morgan fingerprint density at radius 3 is 2.76 bits per heavy atom. The van der Waals surface area contributed by atoms with E-state index in [0.29, 0.717) is 5.02 Å². The molecule has 0 N–H and O–H groups in total. The summed E-state index contributed by atoms with van der Waals surface area (Å²) in [6, 6.07) is 17.7. The lowest BCUT2D eigenvalue weighted by Crippen LogP contribution is -2.02. The van der Waals surface area contributed by atoms with Crippen molar-refractivity contribution in [2.45, 2.75) is 17.8 Å². The maximum atomic E-state index is 6.30. The molecule has 7 heteroatoms. The van der Waals surface area contributed by atoms with Gasteiger partial charge in [-0.15, -0.1) is 10.2 Å². The van der Waals surface area contributed by atoms with Gasteiger partial charge >= 0.3 is 0 Å². The molecule has 4 aromatic rings. The second kappa shape index (κ2) is 8.68. The normalized spacial score (nSPS) is 10.9. The average Bonchev–Trinajstić information content (AvgIpc) is 3.18. The first-order valence-electron chi connectivity index (χ1n) is 9.04. The number of nitrogens with zero attached hydrogens (tertiary/aromatic N) is 4. The van der Waals surface area contributed by atoms with Gasteiger partial charge in [0, 0.05) is 28.7 Å². The second-order valence-corrected chi connectivity index (χ2v) is 7.83. The van der Waals surface area contributed by atoms with E-state index in [9.17, 15) is 0 Å². The van der Waals surface area contributed by atoms with Crippen LogP contribution >= 0.6 is 23.4 Å². The number of aromatic nitrogens is 4. The second-order valence-electron chi connectivity index (χ2n) is 6.45. The Morgan fingerprint density at radius 2 is 1.97 bits per heavy atom. The number of hydrogen-bond donors (Lipinski definition) is 0. The summed E-state index contributed by atoms with van der Waals surface area (Å²) in [5.41, 5.74) is 4.08. The van der Waals surface area contributed by atoms with Gasteiger partial charge in [0.15, 0.2) is 11.0 Å². The van der Waals surface area contributed by atoms with Gasteiger partial charge < -0.3 is 4.74 Å². The fraction of sp³-hybridized carbons (Fsp3) is 0.136. The van der Waals surface area contributed by atoms with Crippen LogP contribution in [0.1, 0.15) is 11.1 Å². The number of benzene rings is 2. The predicted molar refractivity (Wildman–Crippen MR) is 117 cm³/mol. The molecule has 2 aromatic heterocycles. The van der Waals surface area contributed by atoms with Crippen molar-refractivity contribution in [3.05, 3.63) is 83.1 Å². The molecular weight excluding hydrogens is 404 g/mol. The number of methoxy groups -OCH3 is 1. The molecule has 0 atom stereocenters. The summed E-state index contributed by atoms with van der Waals surface area (Å²) in [6.07, 6.45) is 3.53. The Bertz CT molecular complexity index is 1130. The number of pyridine rings is 1. The highest BCUT2D eigenvalue weighted by Gasteiger charge is 2.18. The summed E-state index contributed by atoms with van der Waals surface area (Å²) in [5.74, 6) is 2.31. The third-order valence-electron chi connectivity index (χ3n) is 4.47. The zero-order chi connectivity index (χ0) is 20.2. The van der Waals surface area contributed by atoms with Gasteiger partial charge in [0.1, 0.15) is 5.75 Å². The Balaban J connectivity index is 1.76. The summed E-state index contributed by atoms with van der Waals surface area (Å²) in [7, 11) is 1.67.